The van der Waals surface area contributed by atoms with Crippen LogP contribution in [0.15, 0.2) is 0 Å². The summed E-state index contributed by atoms with van der Waals surface area (Å²) in [5.74, 6) is 0.797. The average Bonchev–Trinajstić information content (AvgIpc) is 2.48. The minimum Gasteiger partial charge on any atom is -0.378 e. The molecule has 0 radical (unpaired) electrons. The summed E-state index contributed by atoms with van der Waals surface area (Å²) in [4.78, 5) is 2.65. The van der Waals surface area contributed by atoms with E-state index >= 15 is 0 Å². The molecule has 1 heterocycles. The summed E-state index contributed by atoms with van der Waals surface area (Å²) in [6, 6.07) is 0. The van der Waals surface area contributed by atoms with E-state index < -0.39 is 0 Å². The zero-order valence-electron chi connectivity index (χ0n) is 13.5. The fourth-order valence-corrected chi connectivity index (χ4v) is 3.38. The van der Waals surface area contributed by atoms with Gasteiger partial charge in [-0.25, -0.2) is 0 Å². The molecule has 19 heavy (non-hydrogen) atoms. The van der Waals surface area contributed by atoms with E-state index in [1.807, 2.05) is 0 Å². The Morgan fingerprint density at radius 2 is 1.95 bits per heavy atom. The van der Waals surface area contributed by atoms with Crippen LogP contribution in [0.5, 0.6) is 0 Å². The predicted octanol–water partition coefficient (Wildman–Crippen LogP) is 3.03. The van der Waals surface area contributed by atoms with Crippen molar-refractivity contribution in [2.45, 2.75) is 71.4 Å². The molecule has 0 amide bonds. The van der Waals surface area contributed by atoms with Gasteiger partial charge in [0.05, 0.1) is 6.10 Å². The SMILES string of the molecule is CCC(CC)CN(CC)C1(CN)CCOC(CC)C1. The van der Waals surface area contributed by atoms with E-state index in [-0.39, 0.29) is 5.54 Å². The van der Waals surface area contributed by atoms with Gasteiger partial charge in [0.2, 0.25) is 0 Å². The van der Waals surface area contributed by atoms with Crippen LogP contribution in [0.25, 0.3) is 0 Å². The Hall–Kier alpha value is -0.120. The van der Waals surface area contributed by atoms with Crippen molar-refractivity contribution in [3.63, 3.8) is 0 Å². The lowest BCUT2D eigenvalue weighted by molar-refractivity contribution is -0.0746. The van der Waals surface area contributed by atoms with Gasteiger partial charge in [0.25, 0.3) is 0 Å². The molecular formula is C16H34N2O. The van der Waals surface area contributed by atoms with Gasteiger partial charge in [0.1, 0.15) is 0 Å². The van der Waals surface area contributed by atoms with Gasteiger partial charge in [-0.3, -0.25) is 4.90 Å². The molecule has 1 aliphatic rings. The third-order valence-corrected chi connectivity index (χ3v) is 5.05. The van der Waals surface area contributed by atoms with Crippen LogP contribution in [0.2, 0.25) is 0 Å². The average molecular weight is 270 g/mol. The molecule has 1 saturated heterocycles. The van der Waals surface area contributed by atoms with Gasteiger partial charge in [0.15, 0.2) is 0 Å². The van der Waals surface area contributed by atoms with E-state index in [2.05, 4.69) is 32.6 Å². The van der Waals surface area contributed by atoms with Crippen molar-refractivity contribution in [3.8, 4) is 0 Å². The molecule has 0 bridgehead atoms. The first kappa shape index (κ1) is 16.9. The first-order valence-corrected chi connectivity index (χ1v) is 8.22. The molecule has 0 aliphatic carbocycles. The van der Waals surface area contributed by atoms with Crippen molar-refractivity contribution in [2.24, 2.45) is 11.7 Å². The highest BCUT2D eigenvalue weighted by Crippen LogP contribution is 2.32. The second-order valence-corrected chi connectivity index (χ2v) is 6.00. The Bertz CT molecular complexity index is 243. The van der Waals surface area contributed by atoms with Crippen molar-refractivity contribution in [2.75, 3.05) is 26.2 Å². The van der Waals surface area contributed by atoms with Gasteiger partial charge >= 0.3 is 0 Å². The summed E-state index contributed by atoms with van der Waals surface area (Å²) in [7, 11) is 0. The van der Waals surface area contributed by atoms with Crippen LogP contribution >= 0.6 is 0 Å². The summed E-state index contributed by atoms with van der Waals surface area (Å²) in [5, 5.41) is 0. The number of rotatable bonds is 8. The van der Waals surface area contributed by atoms with Gasteiger partial charge < -0.3 is 10.5 Å². The highest BCUT2D eigenvalue weighted by molar-refractivity contribution is 4.96. The molecule has 0 aromatic rings. The predicted molar refractivity (Wildman–Crippen MR) is 82.4 cm³/mol. The van der Waals surface area contributed by atoms with E-state index in [1.54, 1.807) is 0 Å². The summed E-state index contributed by atoms with van der Waals surface area (Å²) in [6.07, 6.45) is 6.22. The van der Waals surface area contributed by atoms with Crippen molar-refractivity contribution < 1.29 is 4.74 Å². The fraction of sp³-hybridized carbons (Fsp3) is 1.00. The lowest BCUT2D eigenvalue weighted by atomic mass is 9.83. The molecule has 3 heteroatoms. The lowest BCUT2D eigenvalue weighted by Gasteiger charge is -2.48. The van der Waals surface area contributed by atoms with Gasteiger partial charge in [-0.2, -0.15) is 0 Å². The summed E-state index contributed by atoms with van der Waals surface area (Å²) >= 11 is 0. The van der Waals surface area contributed by atoms with Crippen molar-refractivity contribution in [1.82, 2.24) is 4.90 Å². The normalized spacial score (nSPS) is 28.3. The van der Waals surface area contributed by atoms with Gasteiger partial charge in [-0.15, -0.1) is 0 Å². The molecule has 0 aromatic heterocycles. The van der Waals surface area contributed by atoms with E-state index in [1.165, 1.54) is 19.4 Å². The molecule has 0 aromatic carbocycles. The molecule has 1 fully saturated rings. The van der Waals surface area contributed by atoms with Crippen molar-refractivity contribution in [3.05, 3.63) is 0 Å². The third kappa shape index (κ3) is 4.17. The van der Waals surface area contributed by atoms with E-state index in [9.17, 15) is 0 Å². The summed E-state index contributed by atoms with van der Waals surface area (Å²) < 4.78 is 5.85. The van der Waals surface area contributed by atoms with Crippen LogP contribution in [-0.2, 0) is 4.74 Å². The van der Waals surface area contributed by atoms with Crippen LogP contribution in [0.3, 0.4) is 0 Å². The quantitative estimate of drug-likeness (QED) is 0.737. The number of hydrogen-bond acceptors (Lipinski definition) is 3. The maximum absolute atomic E-state index is 6.19. The standard InChI is InChI=1S/C16H34N2O/c1-5-14(6-2)12-18(8-4)16(13-17)9-10-19-15(7-3)11-16/h14-15H,5-13,17H2,1-4H3. The van der Waals surface area contributed by atoms with E-state index in [4.69, 9.17) is 10.5 Å². The Morgan fingerprint density at radius 1 is 1.26 bits per heavy atom. The van der Waals surface area contributed by atoms with Crippen LogP contribution < -0.4 is 5.73 Å². The van der Waals surface area contributed by atoms with Gasteiger partial charge in [-0.1, -0.05) is 40.5 Å². The smallest absolute Gasteiger partial charge is 0.0590 e. The summed E-state index contributed by atoms with van der Waals surface area (Å²) in [5.41, 5.74) is 6.37. The lowest BCUT2D eigenvalue weighted by Crippen LogP contribution is -2.59. The third-order valence-electron chi connectivity index (χ3n) is 5.05. The van der Waals surface area contributed by atoms with Crippen molar-refractivity contribution >= 4 is 0 Å². The molecule has 3 nitrogen and oxygen atoms in total. The highest BCUT2D eigenvalue weighted by Gasteiger charge is 2.40. The Kier molecular flexibility index (Phi) is 7.33. The molecule has 114 valence electrons. The van der Waals surface area contributed by atoms with E-state index in [0.717, 1.165) is 44.9 Å². The fourth-order valence-electron chi connectivity index (χ4n) is 3.38. The molecule has 1 rings (SSSR count). The molecule has 2 unspecified atom stereocenters. The largest absolute Gasteiger partial charge is 0.378 e. The Balaban J connectivity index is 2.78. The van der Waals surface area contributed by atoms with Crippen LogP contribution in [0.4, 0.5) is 0 Å². The second-order valence-electron chi connectivity index (χ2n) is 6.00. The minimum atomic E-state index is 0.177. The number of nitrogens with zero attached hydrogens (tertiary/aromatic N) is 1. The first-order valence-electron chi connectivity index (χ1n) is 8.22. The van der Waals surface area contributed by atoms with Crippen molar-refractivity contribution in [1.29, 1.82) is 0 Å². The molecule has 0 spiro atoms. The number of ether oxygens (including phenoxy) is 1. The monoisotopic (exact) mass is 270 g/mol. The molecule has 2 N–H and O–H groups in total. The number of likely N-dealkylation sites (N-methyl/N-ethyl adjacent to an activating group) is 1. The molecule has 1 aliphatic heterocycles. The molecule has 0 saturated carbocycles. The topological polar surface area (TPSA) is 38.5 Å². The minimum absolute atomic E-state index is 0.177. The van der Waals surface area contributed by atoms with Gasteiger partial charge in [0, 0.05) is 25.2 Å². The van der Waals surface area contributed by atoms with Crippen LogP contribution in [0, 0.1) is 5.92 Å². The zero-order valence-corrected chi connectivity index (χ0v) is 13.5. The van der Waals surface area contributed by atoms with Crippen LogP contribution in [-0.4, -0.2) is 42.8 Å². The van der Waals surface area contributed by atoms with E-state index in [0.29, 0.717) is 6.10 Å². The maximum atomic E-state index is 6.19. The number of nitrogens with two attached hydrogens (primary N) is 1. The Morgan fingerprint density at radius 3 is 2.42 bits per heavy atom. The van der Waals surface area contributed by atoms with Crippen LogP contribution in [0.1, 0.15) is 59.8 Å². The second kappa shape index (κ2) is 8.23. The summed E-state index contributed by atoms with van der Waals surface area (Å²) in [6.45, 7) is 13.0. The van der Waals surface area contributed by atoms with Gasteiger partial charge in [-0.05, 0) is 31.7 Å². The Labute approximate surface area is 119 Å². The first-order chi connectivity index (χ1) is 9.15. The highest BCUT2D eigenvalue weighted by atomic mass is 16.5. The maximum Gasteiger partial charge on any atom is 0.0590 e. The molecule has 2 atom stereocenters. The number of hydrogen-bond donors (Lipinski definition) is 1. The molecular weight excluding hydrogens is 236 g/mol. The zero-order chi connectivity index (χ0) is 14.3.